The van der Waals surface area contributed by atoms with Crippen LogP contribution in [0, 0.1) is 11.7 Å². The van der Waals surface area contributed by atoms with Crippen molar-refractivity contribution in [1.29, 1.82) is 0 Å². The van der Waals surface area contributed by atoms with Crippen molar-refractivity contribution >= 4 is 0 Å². The van der Waals surface area contributed by atoms with Crippen molar-refractivity contribution in [1.82, 2.24) is 4.90 Å². The molecule has 0 aromatic heterocycles. The number of benzene rings is 1. The lowest BCUT2D eigenvalue weighted by molar-refractivity contribution is 0.247. The molecule has 0 saturated heterocycles. The zero-order valence-electron chi connectivity index (χ0n) is 11.6. The van der Waals surface area contributed by atoms with E-state index >= 15 is 0 Å². The Kier molecular flexibility index (Phi) is 5.56. The van der Waals surface area contributed by atoms with Gasteiger partial charge in [0.05, 0.1) is 7.11 Å². The highest BCUT2D eigenvalue weighted by molar-refractivity contribution is 5.36. The smallest absolute Gasteiger partial charge is 0.123 e. The Hall–Kier alpha value is -1.13. The van der Waals surface area contributed by atoms with Crippen LogP contribution in [-0.4, -0.2) is 32.6 Å². The molecule has 0 saturated carbocycles. The van der Waals surface area contributed by atoms with E-state index in [1.807, 2.05) is 14.1 Å². The minimum Gasteiger partial charge on any atom is -0.496 e. The van der Waals surface area contributed by atoms with Gasteiger partial charge < -0.3 is 15.4 Å². The molecule has 1 aromatic rings. The first-order valence-electron chi connectivity index (χ1n) is 6.19. The van der Waals surface area contributed by atoms with Crippen LogP contribution in [0.3, 0.4) is 0 Å². The average Bonchev–Trinajstić information content (AvgIpc) is 2.35. The highest BCUT2D eigenvalue weighted by Gasteiger charge is 2.21. The maximum Gasteiger partial charge on any atom is 0.123 e. The van der Waals surface area contributed by atoms with Crippen molar-refractivity contribution in [2.45, 2.75) is 19.4 Å². The fraction of sp³-hybridized carbons (Fsp3) is 0.571. The molecule has 0 heterocycles. The molecule has 4 heteroatoms. The molecule has 0 aliphatic carbocycles. The first kappa shape index (κ1) is 14.9. The number of nitrogens with zero attached hydrogens (tertiary/aromatic N) is 1. The first-order chi connectivity index (χ1) is 8.49. The lowest BCUT2D eigenvalue weighted by atomic mass is 9.94. The minimum absolute atomic E-state index is 0.106. The van der Waals surface area contributed by atoms with Gasteiger partial charge >= 0.3 is 0 Å². The van der Waals surface area contributed by atoms with Crippen molar-refractivity contribution in [2.24, 2.45) is 11.7 Å². The average molecular weight is 254 g/mol. The van der Waals surface area contributed by atoms with Gasteiger partial charge in [-0.3, -0.25) is 0 Å². The second-order valence-electron chi connectivity index (χ2n) is 4.94. The van der Waals surface area contributed by atoms with Crippen molar-refractivity contribution in [3.63, 3.8) is 0 Å². The number of ether oxygens (including phenoxy) is 1. The SMILES string of the molecule is COc1ccc(F)cc1C(CC(C)CN)N(C)C. The number of halogens is 1. The molecule has 1 rings (SSSR count). The zero-order valence-corrected chi connectivity index (χ0v) is 11.6. The topological polar surface area (TPSA) is 38.5 Å². The quantitative estimate of drug-likeness (QED) is 0.847. The molecule has 0 fully saturated rings. The van der Waals surface area contributed by atoms with E-state index in [1.54, 1.807) is 19.2 Å². The van der Waals surface area contributed by atoms with E-state index in [4.69, 9.17) is 10.5 Å². The van der Waals surface area contributed by atoms with Gasteiger partial charge in [0.15, 0.2) is 0 Å². The molecule has 0 radical (unpaired) electrons. The maximum absolute atomic E-state index is 13.4. The Bertz CT molecular complexity index is 382. The van der Waals surface area contributed by atoms with Crippen molar-refractivity contribution in [2.75, 3.05) is 27.7 Å². The van der Waals surface area contributed by atoms with Crippen LogP contribution < -0.4 is 10.5 Å². The van der Waals surface area contributed by atoms with Crippen molar-refractivity contribution < 1.29 is 9.13 Å². The Morgan fingerprint density at radius 2 is 2.06 bits per heavy atom. The van der Waals surface area contributed by atoms with Crippen LogP contribution in [0.4, 0.5) is 4.39 Å². The Balaban J connectivity index is 3.08. The molecule has 0 bridgehead atoms. The molecule has 102 valence electrons. The predicted molar refractivity (Wildman–Crippen MR) is 72.2 cm³/mol. The van der Waals surface area contributed by atoms with Gasteiger partial charge in [-0.1, -0.05) is 6.92 Å². The van der Waals surface area contributed by atoms with Gasteiger partial charge in [0, 0.05) is 11.6 Å². The molecule has 3 nitrogen and oxygen atoms in total. The lowest BCUT2D eigenvalue weighted by Crippen LogP contribution is -2.25. The monoisotopic (exact) mass is 254 g/mol. The molecule has 0 aliphatic rings. The van der Waals surface area contributed by atoms with Gasteiger partial charge in [0.2, 0.25) is 0 Å². The minimum atomic E-state index is -0.238. The summed E-state index contributed by atoms with van der Waals surface area (Å²) >= 11 is 0. The molecule has 2 N–H and O–H groups in total. The first-order valence-corrected chi connectivity index (χ1v) is 6.19. The van der Waals surface area contributed by atoms with Crippen LogP contribution in [0.2, 0.25) is 0 Å². The number of methoxy groups -OCH3 is 1. The summed E-state index contributed by atoms with van der Waals surface area (Å²) in [5.74, 6) is 0.864. The van der Waals surface area contributed by atoms with E-state index in [0.29, 0.717) is 12.5 Å². The van der Waals surface area contributed by atoms with Crippen LogP contribution >= 0.6 is 0 Å². The maximum atomic E-state index is 13.4. The normalized spacial score (nSPS) is 14.6. The number of hydrogen-bond acceptors (Lipinski definition) is 3. The van der Waals surface area contributed by atoms with Crippen molar-refractivity contribution in [3.05, 3.63) is 29.6 Å². The zero-order chi connectivity index (χ0) is 13.7. The van der Waals surface area contributed by atoms with Gasteiger partial charge in [-0.2, -0.15) is 0 Å². The van der Waals surface area contributed by atoms with Crippen LogP contribution in [-0.2, 0) is 0 Å². The summed E-state index contributed by atoms with van der Waals surface area (Å²) in [5, 5.41) is 0. The van der Waals surface area contributed by atoms with Gasteiger partial charge in [0.25, 0.3) is 0 Å². The summed E-state index contributed by atoms with van der Waals surface area (Å²) in [6.07, 6.45) is 0.878. The highest BCUT2D eigenvalue weighted by Crippen LogP contribution is 2.33. The van der Waals surface area contributed by atoms with Gasteiger partial charge in [-0.25, -0.2) is 4.39 Å². The Morgan fingerprint density at radius 1 is 1.39 bits per heavy atom. The van der Waals surface area contributed by atoms with Gasteiger partial charge in [0.1, 0.15) is 11.6 Å². The molecule has 0 amide bonds. The third-order valence-corrected chi connectivity index (χ3v) is 3.20. The summed E-state index contributed by atoms with van der Waals surface area (Å²) in [5.41, 5.74) is 6.55. The summed E-state index contributed by atoms with van der Waals surface area (Å²) in [6.45, 7) is 2.73. The molecule has 0 aliphatic heterocycles. The third-order valence-electron chi connectivity index (χ3n) is 3.20. The summed E-state index contributed by atoms with van der Waals surface area (Å²) in [6, 6.07) is 4.75. The summed E-state index contributed by atoms with van der Waals surface area (Å²) in [7, 11) is 5.58. The van der Waals surface area contributed by atoms with Crippen LogP contribution in [0.1, 0.15) is 24.9 Å². The predicted octanol–water partition coefficient (Wildman–Crippen LogP) is 2.42. The Morgan fingerprint density at radius 3 is 2.56 bits per heavy atom. The second-order valence-corrected chi connectivity index (χ2v) is 4.94. The van der Waals surface area contributed by atoms with E-state index in [1.165, 1.54) is 6.07 Å². The molecular weight excluding hydrogens is 231 g/mol. The van der Waals surface area contributed by atoms with Gasteiger partial charge in [-0.15, -0.1) is 0 Å². The molecule has 1 aromatic carbocycles. The number of hydrogen-bond donors (Lipinski definition) is 1. The third kappa shape index (κ3) is 3.68. The van der Waals surface area contributed by atoms with E-state index in [0.717, 1.165) is 17.7 Å². The molecule has 18 heavy (non-hydrogen) atoms. The molecule has 0 spiro atoms. The van der Waals surface area contributed by atoms with Gasteiger partial charge in [-0.05, 0) is 51.2 Å². The fourth-order valence-corrected chi connectivity index (χ4v) is 2.06. The summed E-state index contributed by atoms with van der Waals surface area (Å²) in [4.78, 5) is 2.07. The van der Waals surface area contributed by atoms with Crippen LogP contribution in [0.5, 0.6) is 5.75 Å². The van der Waals surface area contributed by atoms with E-state index in [2.05, 4.69) is 11.8 Å². The molecule has 2 unspecified atom stereocenters. The van der Waals surface area contributed by atoms with Crippen LogP contribution in [0.15, 0.2) is 18.2 Å². The molecule has 2 atom stereocenters. The summed E-state index contributed by atoms with van der Waals surface area (Å²) < 4.78 is 18.7. The highest BCUT2D eigenvalue weighted by atomic mass is 19.1. The largest absolute Gasteiger partial charge is 0.496 e. The van der Waals surface area contributed by atoms with E-state index < -0.39 is 0 Å². The Labute approximate surface area is 109 Å². The lowest BCUT2D eigenvalue weighted by Gasteiger charge is -2.28. The van der Waals surface area contributed by atoms with Crippen LogP contribution in [0.25, 0.3) is 0 Å². The fourth-order valence-electron chi connectivity index (χ4n) is 2.06. The number of rotatable bonds is 6. The van der Waals surface area contributed by atoms with E-state index in [9.17, 15) is 4.39 Å². The molecular formula is C14H23FN2O. The second kappa shape index (κ2) is 6.71. The van der Waals surface area contributed by atoms with Crippen molar-refractivity contribution in [3.8, 4) is 5.75 Å². The standard InChI is InChI=1S/C14H23FN2O/c1-10(9-16)7-13(17(2)3)12-8-11(15)5-6-14(12)18-4/h5-6,8,10,13H,7,9,16H2,1-4H3. The van der Waals surface area contributed by atoms with E-state index in [-0.39, 0.29) is 11.9 Å². The number of nitrogens with two attached hydrogens (primary N) is 1.